The van der Waals surface area contributed by atoms with Crippen molar-refractivity contribution < 1.29 is 29.1 Å². The first-order valence-electron chi connectivity index (χ1n) is 11.4. The van der Waals surface area contributed by atoms with Gasteiger partial charge in [-0.25, -0.2) is 0 Å². The number of hydrogen-bond donors (Lipinski definition) is 1. The minimum Gasteiger partial charge on any atom is -0.507 e. The number of hydrogen-bond acceptors (Lipinski definition) is 7. The molecule has 186 valence electrons. The minimum atomic E-state index is -0.885. The summed E-state index contributed by atoms with van der Waals surface area (Å²) >= 11 is 0. The normalized spacial score (nSPS) is 17.3. The van der Waals surface area contributed by atoms with Crippen LogP contribution in [0.2, 0.25) is 0 Å². The number of aliphatic hydroxyl groups is 1. The molecule has 0 bridgehead atoms. The van der Waals surface area contributed by atoms with Crippen LogP contribution >= 0.6 is 0 Å². The van der Waals surface area contributed by atoms with Crippen LogP contribution in [0.3, 0.4) is 0 Å². The fourth-order valence-corrected chi connectivity index (χ4v) is 4.01. The lowest BCUT2D eigenvalue weighted by Gasteiger charge is -2.25. The number of nitro groups is 1. The first-order chi connectivity index (χ1) is 16.6. The number of Topliss-reactive ketones (excluding diaryl/α,β-unsaturated/α-hetero) is 1. The van der Waals surface area contributed by atoms with E-state index < -0.39 is 22.7 Å². The Balaban J connectivity index is 2.07. The SMILES string of the molecule is COCCCN1C(=O)C(=O)/C(=C(/O)c2ccc(OCC(C)C)cc2C)[C@@H]1c1ccc([N+](=O)[O-])cc1. The molecular weight excluding hydrogens is 452 g/mol. The van der Waals surface area contributed by atoms with Crippen LogP contribution in [0.5, 0.6) is 5.75 Å². The summed E-state index contributed by atoms with van der Waals surface area (Å²) in [6.07, 6.45) is 0.480. The number of methoxy groups -OCH3 is 1. The van der Waals surface area contributed by atoms with E-state index in [0.29, 0.717) is 48.0 Å². The number of nitro benzene ring substituents is 1. The molecule has 1 N–H and O–H groups in total. The van der Waals surface area contributed by atoms with Gasteiger partial charge in [0.25, 0.3) is 17.4 Å². The molecule has 1 atom stereocenters. The van der Waals surface area contributed by atoms with Crippen molar-refractivity contribution in [2.24, 2.45) is 5.92 Å². The number of aliphatic hydroxyl groups excluding tert-OH is 1. The number of benzene rings is 2. The van der Waals surface area contributed by atoms with Gasteiger partial charge < -0.3 is 19.5 Å². The van der Waals surface area contributed by atoms with Gasteiger partial charge in [-0.3, -0.25) is 19.7 Å². The van der Waals surface area contributed by atoms with Gasteiger partial charge in [-0.15, -0.1) is 0 Å². The zero-order valence-electron chi connectivity index (χ0n) is 20.3. The standard InChI is InChI=1S/C26H30N2O7/c1-16(2)15-35-20-10-11-21(17(3)14-20)24(29)22-23(18-6-8-19(9-7-18)28(32)33)27(12-5-13-34-4)26(31)25(22)30/h6-11,14,16,23,29H,5,12-13,15H2,1-4H3/b24-22+/t23-/m0/s1. The number of aryl methyl sites for hydroxylation is 1. The molecule has 1 aliphatic heterocycles. The average molecular weight is 483 g/mol. The van der Waals surface area contributed by atoms with Crippen LogP contribution in [-0.4, -0.2) is 53.5 Å². The quantitative estimate of drug-likeness (QED) is 0.133. The van der Waals surface area contributed by atoms with E-state index in [1.54, 1.807) is 32.2 Å². The van der Waals surface area contributed by atoms with E-state index in [-0.39, 0.29) is 23.6 Å². The summed E-state index contributed by atoms with van der Waals surface area (Å²) in [6, 6.07) is 9.89. The number of non-ortho nitro benzene ring substituents is 1. The highest BCUT2D eigenvalue weighted by Crippen LogP contribution is 2.40. The predicted octanol–water partition coefficient (Wildman–Crippen LogP) is 4.40. The second-order valence-corrected chi connectivity index (χ2v) is 8.87. The smallest absolute Gasteiger partial charge is 0.295 e. The van der Waals surface area contributed by atoms with Crippen molar-refractivity contribution in [3.63, 3.8) is 0 Å². The molecule has 0 spiro atoms. The van der Waals surface area contributed by atoms with Gasteiger partial charge in [-0.1, -0.05) is 13.8 Å². The van der Waals surface area contributed by atoms with Gasteiger partial charge in [0, 0.05) is 38.0 Å². The predicted molar refractivity (Wildman–Crippen MR) is 130 cm³/mol. The van der Waals surface area contributed by atoms with E-state index in [0.717, 1.165) is 0 Å². The van der Waals surface area contributed by atoms with Gasteiger partial charge in [-0.2, -0.15) is 0 Å². The van der Waals surface area contributed by atoms with Crippen LogP contribution < -0.4 is 4.74 Å². The number of ether oxygens (including phenoxy) is 2. The number of likely N-dealkylation sites (tertiary alicyclic amines) is 1. The number of carbonyl (C=O) groups is 2. The lowest BCUT2D eigenvalue weighted by Crippen LogP contribution is -2.31. The van der Waals surface area contributed by atoms with E-state index >= 15 is 0 Å². The number of rotatable bonds is 10. The first-order valence-corrected chi connectivity index (χ1v) is 11.4. The molecule has 1 saturated heterocycles. The van der Waals surface area contributed by atoms with Crippen molar-refractivity contribution in [3.8, 4) is 5.75 Å². The zero-order chi connectivity index (χ0) is 25.7. The Morgan fingerprint density at radius 2 is 1.86 bits per heavy atom. The molecular formula is C26H30N2O7. The third-order valence-corrected chi connectivity index (χ3v) is 5.74. The van der Waals surface area contributed by atoms with Crippen molar-refractivity contribution in [2.75, 3.05) is 26.9 Å². The number of carbonyl (C=O) groups excluding carboxylic acids is 2. The Kier molecular flexibility index (Phi) is 8.24. The molecule has 0 saturated carbocycles. The van der Waals surface area contributed by atoms with Gasteiger partial charge in [0.05, 0.1) is 23.1 Å². The van der Waals surface area contributed by atoms with Gasteiger partial charge in [0.1, 0.15) is 11.5 Å². The molecule has 9 nitrogen and oxygen atoms in total. The van der Waals surface area contributed by atoms with Crippen LogP contribution in [-0.2, 0) is 14.3 Å². The summed E-state index contributed by atoms with van der Waals surface area (Å²) in [6.45, 7) is 7.00. The maximum atomic E-state index is 13.1. The molecule has 1 aliphatic rings. The highest BCUT2D eigenvalue weighted by atomic mass is 16.6. The molecule has 2 aromatic rings. The molecule has 9 heteroatoms. The third-order valence-electron chi connectivity index (χ3n) is 5.74. The van der Waals surface area contributed by atoms with E-state index in [1.165, 1.54) is 29.2 Å². The van der Waals surface area contributed by atoms with E-state index in [4.69, 9.17) is 9.47 Å². The van der Waals surface area contributed by atoms with Crippen molar-refractivity contribution in [1.29, 1.82) is 0 Å². The minimum absolute atomic E-state index is 0.0554. The van der Waals surface area contributed by atoms with Crippen LogP contribution in [0, 0.1) is 23.0 Å². The fourth-order valence-electron chi connectivity index (χ4n) is 4.01. The summed E-state index contributed by atoms with van der Waals surface area (Å²) in [5.74, 6) is -0.851. The van der Waals surface area contributed by atoms with E-state index in [9.17, 15) is 24.8 Å². The third kappa shape index (κ3) is 5.68. The van der Waals surface area contributed by atoms with Gasteiger partial charge in [-0.05, 0) is 60.7 Å². The Morgan fingerprint density at radius 1 is 1.17 bits per heavy atom. The highest BCUT2D eigenvalue weighted by Gasteiger charge is 2.46. The fraction of sp³-hybridized carbons (Fsp3) is 0.385. The lowest BCUT2D eigenvalue weighted by atomic mass is 9.93. The van der Waals surface area contributed by atoms with E-state index in [1.807, 2.05) is 13.8 Å². The summed E-state index contributed by atoms with van der Waals surface area (Å²) in [5, 5.41) is 22.4. The second kappa shape index (κ2) is 11.1. The Morgan fingerprint density at radius 3 is 2.43 bits per heavy atom. The van der Waals surface area contributed by atoms with Crippen LogP contribution in [0.4, 0.5) is 5.69 Å². The molecule has 1 heterocycles. The molecule has 0 aliphatic carbocycles. The van der Waals surface area contributed by atoms with Gasteiger partial charge >= 0.3 is 0 Å². The Bertz CT molecular complexity index is 1140. The zero-order valence-corrected chi connectivity index (χ0v) is 20.3. The molecule has 1 fully saturated rings. The highest BCUT2D eigenvalue weighted by molar-refractivity contribution is 6.46. The molecule has 1 amide bonds. The maximum absolute atomic E-state index is 13.1. The van der Waals surface area contributed by atoms with Crippen LogP contribution in [0.25, 0.3) is 5.76 Å². The van der Waals surface area contributed by atoms with Crippen LogP contribution in [0.15, 0.2) is 48.0 Å². The summed E-state index contributed by atoms with van der Waals surface area (Å²) < 4.78 is 10.8. The molecule has 0 radical (unpaired) electrons. The number of amides is 1. The van der Waals surface area contributed by atoms with Crippen molar-refractivity contribution in [2.45, 2.75) is 33.2 Å². The summed E-state index contributed by atoms with van der Waals surface area (Å²) in [5.41, 5.74) is 1.40. The topological polar surface area (TPSA) is 119 Å². The maximum Gasteiger partial charge on any atom is 0.295 e. The largest absolute Gasteiger partial charge is 0.507 e. The number of ketones is 1. The van der Waals surface area contributed by atoms with Gasteiger partial charge in [0.15, 0.2) is 0 Å². The Hall–Kier alpha value is -3.72. The van der Waals surface area contributed by atoms with Crippen molar-refractivity contribution in [1.82, 2.24) is 4.90 Å². The molecule has 3 rings (SSSR count). The number of nitrogens with zero attached hydrogens (tertiary/aromatic N) is 2. The van der Waals surface area contributed by atoms with E-state index in [2.05, 4.69) is 0 Å². The summed E-state index contributed by atoms with van der Waals surface area (Å²) in [7, 11) is 1.54. The summed E-state index contributed by atoms with van der Waals surface area (Å²) in [4.78, 5) is 38.0. The monoisotopic (exact) mass is 482 g/mol. The molecule has 2 aromatic carbocycles. The molecule has 35 heavy (non-hydrogen) atoms. The second-order valence-electron chi connectivity index (χ2n) is 8.87. The van der Waals surface area contributed by atoms with Gasteiger partial charge in [0.2, 0.25) is 0 Å². The van der Waals surface area contributed by atoms with Crippen molar-refractivity contribution >= 4 is 23.1 Å². The molecule has 0 aromatic heterocycles. The first kappa shape index (κ1) is 25.9. The average Bonchev–Trinajstić information content (AvgIpc) is 3.07. The Labute approximate surface area is 204 Å². The lowest BCUT2D eigenvalue weighted by molar-refractivity contribution is -0.384. The van der Waals surface area contributed by atoms with Crippen molar-refractivity contribution in [3.05, 3.63) is 74.8 Å². The molecule has 0 unspecified atom stereocenters. The van der Waals surface area contributed by atoms with Crippen LogP contribution in [0.1, 0.15) is 43.0 Å².